The van der Waals surface area contributed by atoms with Gasteiger partial charge < -0.3 is 16.0 Å². The minimum Gasteiger partial charge on any atom is -0.369 e. The SMILES string of the molecule is CC(C)NC(=O)N1CC(C(N)=O)CCC1C. The topological polar surface area (TPSA) is 75.4 Å². The summed E-state index contributed by atoms with van der Waals surface area (Å²) < 4.78 is 0. The molecule has 0 aromatic rings. The van der Waals surface area contributed by atoms with E-state index in [1.165, 1.54) is 0 Å². The Kier molecular flexibility index (Phi) is 4.15. The van der Waals surface area contributed by atoms with Crippen molar-refractivity contribution >= 4 is 11.9 Å². The van der Waals surface area contributed by atoms with E-state index in [2.05, 4.69) is 5.32 Å². The minimum atomic E-state index is -0.311. The maximum Gasteiger partial charge on any atom is 0.317 e. The van der Waals surface area contributed by atoms with Crippen molar-refractivity contribution < 1.29 is 9.59 Å². The number of hydrogen-bond acceptors (Lipinski definition) is 2. The molecule has 3 N–H and O–H groups in total. The van der Waals surface area contributed by atoms with Crippen molar-refractivity contribution in [3.8, 4) is 0 Å². The van der Waals surface area contributed by atoms with Crippen LogP contribution in [0.5, 0.6) is 0 Å². The van der Waals surface area contributed by atoms with Crippen LogP contribution in [-0.4, -0.2) is 35.5 Å². The number of hydrogen-bond donors (Lipinski definition) is 2. The van der Waals surface area contributed by atoms with Crippen molar-refractivity contribution in [3.63, 3.8) is 0 Å². The van der Waals surface area contributed by atoms with E-state index in [1.807, 2.05) is 20.8 Å². The molecule has 0 spiro atoms. The summed E-state index contributed by atoms with van der Waals surface area (Å²) in [4.78, 5) is 24.7. The van der Waals surface area contributed by atoms with E-state index in [0.29, 0.717) is 6.54 Å². The summed E-state index contributed by atoms with van der Waals surface area (Å²) in [7, 11) is 0. The van der Waals surface area contributed by atoms with Crippen LogP contribution in [0.2, 0.25) is 0 Å². The molecular formula is C11H21N3O2. The molecule has 0 aliphatic carbocycles. The van der Waals surface area contributed by atoms with Crippen LogP contribution in [0.15, 0.2) is 0 Å². The van der Waals surface area contributed by atoms with Crippen molar-refractivity contribution in [2.75, 3.05) is 6.54 Å². The van der Waals surface area contributed by atoms with Crippen LogP contribution in [0, 0.1) is 5.92 Å². The standard InChI is InChI=1S/C11H21N3O2/c1-7(2)13-11(16)14-6-9(10(12)15)5-4-8(14)3/h7-9H,4-6H2,1-3H3,(H2,12,15)(H,13,16). The number of nitrogens with one attached hydrogen (secondary N) is 1. The minimum absolute atomic E-state index is 0.103. The molecule has 0 aromatic carbocycles. The van der Waals surface area contributed by atoms with Gasteiger partial charge in [-0.25, -0.2) is 4.79 Å². The first kappa shape index (κ1) is 12.8. The van der Waals surface area contributed by atoms with Gasteiger partial charge in [0.2, 0.25) is 5.91 Å². The Balaban J connectivity index is 2.62. The number of primary amides is 1. The summed E-state index contributed by atoms with van der Waals surface area (Å²) in [5, 5.41) is 2.84. The summed E-state index contributed by atoms with van der Waals surface area (Å²) >= 11 is 0. The van der Waals surface area contributed by atoms with E-state index < -0.39 is 0 Å². The Bertz CT molecular complexity index is 278. The Labute approximate surface area is 96.4 Å². The number of carbonyl (C=O) groups is 2. The van der Waals surface area contributed by atoms with Gasteiger partial charge in [-0.05, 0) is 33.6 Å². The third-order valence-electron chi connectivity index (χ3n) is 2.96. The first-order chi connectivity index (χ1) is 7.41. The zero-order chi connectivity index (χ0) is 12.3. The molecule has 0 radical (unpaired) electrons. The third-order valence-corrected chi connectivity index (χ3v) is 2.96. The molecule has 1 heterocycles. The molecule has 92 valence electrons. The van der Waals surface area contributed by atoms with Crippen molar-refractivity contribution in [1.82, 2.24) is 10.2 Å². The van der Waals surface area contributed by atoms with Crippen LogP contribution in [0.1, 0.15) is 33.6 Å². The van der Waals surface area contributed by atoms with E-state index in [4.69, 9.17) is 5.73 Å². The van der Waals surface area contributed by atoms with Crippen molar-refractivity contribution in [3.05, 3.63) is 0 Å². The largest absolute Gasteiger partial charge is 0.369 e. The molecular weight excluding hydrogens is 206 g/mol. The second kappa shape index (κ2) is 5.18. The molecule has 1 saturated heterocycles. The number of nitrogens with zero attached hydrogens (tertiary/aromatic N) is 1. The summed E-state index contributed by atoms with van der Waals surface area (Å²) in [6.45, 7) is 6.27. The van der Waals surface area contributed by atoms with Gasteiger partial charge in [-0.3, -0.25) is 4.79 Å². The fourth-order valence-electron chi connectivity index (χ4n) is 1.95. The molecule has 1 aliphatic rings. The number of amides is 3. The molecule has 16 heavy (non-hydrogen) atoms. The first-order valence-electron chi connectivity index (χ1n) is 5.78. The number of piperidine rings is 1. The zero-order valence-corrected chi connectivity index (χ0v) is 10.2. The Morgan fingerprint density at radius 2 is 2.00 bits per heavy atom. The maximum atomic E-state index is 11.8. The zero-order valence-electron chi connectivity index (χ0n) is 10.2. The molecule has 1 rings (SSSR count). The van der Waals surface area contributed by atoms with Crippen LogP contribution in [0.3, 0.4) is 0 Å². The highest BCUT2D eigenvalue weighted by atomic mass is 16.2. The highest BCUT2D eigenvalue weighted by Crippen LogP contribution is 2.21. The summed E-state index contributed by atoms with van der Waals surface area (Å²) in [6.07, 6.45) is 1.61. The van der Waals surface area contributed by atoms with Gasteiger partial charge in [0, 0.05) is 18.6 Å². The van der Waals surface area contributed by atoms with Crippen molar-refractivity contribution in [2.45, 2.75) is 45.7 Å². The molecule has 0 bridgehead atoms. The van der Waals surface area contributed by atoms with E-state index in [9.17, 15) is 9.59 Å². The summed E-state index contributed by atoms with van der Waals surface area (Å²) in [6, 6.07) is 0.177. The number of nitrogens with two attached hydrogens (primary N) is 1. The fourth-order valence-corrected chi connectivity index (χ4v) is 1.95. The molecule has 2 unspecified atom stereocenters. The lowest BCUT2D eigenvalue weighted by Crippen LogP contribution is -2.53. The van der Waals surface area contributed by atoms with Crippen LogP contribution in [0.25, 0.3) is 0 Å². The Morgan fingerprint density at radius 3 is 2.50 bits per heavy atom. The lowest BCUT2D eigenvalue weighted by Gasteiger charge is -2.37. The molecule has 0 saturated carbocycles. The number of urea groups is 1. The van der Waals surface area contributed by atoms with Crippen LogP contribution >= 0.6 is 0 Å². The molecule has 2 atom stereocenters. The highest BCUT2D eigenvalue weighted by Gasteiger charge is 2.31. The molecule has 1 fully saturated rings. The second-order valence-electron chi connectivity index (χ2n) is 4.78. The smallest absolute Gasteiger partial charge is 0.317 e. The predicted molar refractivity (Wildman–Crippen MR) is 61.8 cm³/mol. The van der Waals surface area contributed by atoms with Gasteiger partial charge in [0.15, 0.2) is 0 Å². The number of rotatable bonds is 2. The second-order valence-corrected chi connectivity index (χ2v) is 4.78. The highest BCUT2D eigenvalue weighted by molar-refractivity contribution is 5.79. The predicted octanol–water partition coefficient (Wildman–Crippen LogP) is 0.690. The summed E-state index contributed by atoms with van der Waals surface area (Å²) in [5.74, 6) is -0.511. The molecule has 3 amide bonds. The van der Waals surface area contributed by atoms with Gasteiger partial charge in [-0.15, -0.1) is 0 Å². The van der Waals surface area contributed by atoms with Gasteiger partial charge in [0.25, 0.3) is 0 Å². The fraction of sp³-hybridized carbons (Fsp3) is 0.818. The normalized spacial score (nSPS) is 25.6. The number of carbonyl (C=O) groups excluding carboxylic acids is 2. The van der Waals surface area contributed by atoms with Gasteiger partial charge in [0.05, 0.1) is 5.92 Å². The summed E-state index contributed by atoms with van der Waals surface area (Å²) in [5.41, 5.74) is 5.28. The van der Waals surface area contributed by atoms with E-state index in [1.54, 1.807) is 4.90 Å². The van der Waals surface area contributed by atoms with E-state index >= 15 is 0 Å². The van der Waals surface area contributed by atoms with Crippen LogP contribution in [-0.2, 0) is 4.79 Å². The monoisotopic (exact) mass is 227 g/mol. The first-order valence-corrected chi connectivity index (χ1v) is 5.78. The molecule has 1 aliphatic heterocycles. The lowest BCUT2D eigenvalue weighted by molar-refractivity contribution is -0.123. The molecule has 5 heteroatoms. The van der Waals surface area contributed by atoms with Gasteiger partial charge in [0.1, 0.15) is 0 Å². The van der Waals surface area contributed by atoms with Crippen molar-refractivity contribution in [1.29, 1.82) is 0 Å². The maximum absolute atomic E-state index is 11.8. The van der Waals surface area contributed by atoms with Gasteiger partial charge in [-0.2, -0.15) is 0 Å². The average molecular weight is 227 g/mol. The number of likely N-dealkylation sites (tertiary alicyclic amines) is 1. The van der Waals surface area contributed by atoms with Crippen LogP contribution < -0.4 is 11.1 Å². The van der Waals surface area contributed by atoms with E-state index in [0.717, 1.165) is 12.8 Å². The van der Waals surface area contributed by atoms with Gasteiger partial charge >= 0.3 is 6.03 Å². The van der Waals surface area contributed by atoms with Crippen LogP contribution in [0.4, 0.5) is 4.79 Å². The molecule has 5 nitrogen and oxygen atoms in total. The van der Waals surface area contributed by atoms with Crippen molar-refractivity contribution in [2.24, 2.45) is 11.7 Å². The lowest BCUT2D eigenvalue weighted by atomic mass is 9.93. The average Bonchev–Trinajstić information content (AvgIpc) is 2.16. The molecule has 0 aromatic heterocycles. The van der Waals surface area contributed by atoms with Gasteiger partial charge in [-0.1, -0.05) is 0 Å². The third kappa shape index (κ3) is 3.12. The Morgan fingerprint density at radius 1 is 1.38 bits per heavy atom. The Hall–Kier alpha value is -1.26. The quantitative estimate of drug-likeness (QED) is 0.728. The van der Waals surface area contributed by atoms with E-state index in [-0.39, 0.29) is 29.9 Å².